The smallest absolute Gasteiger partial charge is 0.153 e. The van der Waals surface area contributed by atoms with Crippen LogP contribution in [0.1, 0.15) is 37.3 Å². The van der Waals surface area contributed by atoms with Crippen molar-refractivity contribution in [2.45, 2.75) is 33.1 Å². The van der Waals surface area contributed by atoms with Crippen molar-refractivity contribution in [3.8, 4) is 0 Å². The second kappa shape index (κ2) is 6.11. The lowest BCUT2D eigenvalue weighted by Crippen LogP contribution is -2.41. The lowest BCUT2D eigenvalue weighted by atomic mass is 9.96. The zero-order chi connectivity index (χ0) is 16.6. The summed E-state index contributed by atoms with van der Waals surface area (Å²) < 4.78 is 23.4. The lowest BCUT2D eigenvalue weighted by Gasteiger charge is -2.31. The number of pyridine rings is 1. The standard InChI is InChI=1S/C18H24N2O2S/c1-4-13(2)16-12-15-7-5-6-14(3)17(15)19-18(16)20-8-10-23(21,22)11-9-20/h5-7,12-13H,4,8-11H2,1-3H3. The van der Waals surface area contributed by atoms with E-state index in [1.54, 1.807) is 0 Å². The summed E-state index contributed by atoms with van der Waals surface area (Å²) >= 11 is 0. The highest BCUT2D eigenvalue weighted by Gasteiger charge is 2.25. The first-order valence-electron chi connectivity index (χ1n) is 8.27. The molecule has 1 unspecified atom stereocenters. The van der Waals surface area contributed by atoms with Gasteiger partial charge in [0, 0.05) is 18.5 Å². The Bertz CT molecular complexity index is 816. The van der Waals surface area contributed by atoms with Crippen LogP contribution in [-0.2, 0) is 9.84 Å². The van der Waals surface area contributed by atoms with Crippen molar-refractivity contribution >= 4 is 26.6 Å². The molecule has 0 saturated carbocycles. The van der Waals surface area contributed by atoms with Gasteiger partial charge in [0.2, 0.25) is 0 Å². The van der Waals surface area contributed by atoms with E-state index in [9.17, 15) is 8.42 Å². The van der Waals surface area contributed by atoms with E-state index in [1.807, 2.05) is 0 Å². The molecule has 0 radical (unpaired) electrons. The first-order chi connectivity index (χ1) is 10.9. The molecule has 1 aromatic heterocycles. The van der Waals surface area contributed by atoms with Crippen LogP contribution in [0.4, 0.5) is 5.82 Å². The van der Waals surface area contributed by atoms with Crippen LogP contribution in [-0.4, -0.2) is 38.0 Å². The lowest BCUT2D eigenvalue weighted by molar-refractivity contribution is 0.585. The minimum absolute atomic E-state index is 0.223. The van der Waals surface area contributed by atoms with Crippen molar-refractivity contribution in [1.29, 1.82) is 0 Å². The Morgan fingerprint density at radius 1 is 1.26 bits per heavy atom. The van der Waals surface area contributed by atoms with Crippen LogP contribution in [0, 0.1) is 6.92 Å². The molecule has 124 valence electrons. The minimum Gasteiger partial charge on any atom is -0.354 e. The van der Waals surface area contributed by atoms with E-state index in [0.717, 1.165) is 28.7 Å². The number of fused-ring (bicyclic) bond motifs is 1. The molecule has 3 rings (SSSR count). The molecule has 0 bridgehead atoms. The first-order valence-corrected chi connectivity index (χ1v) is 10.1. The van der Waals surface area contributed by atoms with Crippen LogP contribution < -0.4 is 4.90 Å². The maximum absolute atomic E-state index is 11.7. The van der Waals surface area contributed by atoms with Gasteiger partial charge in [0.25, 0.3) is 0 Å². The summed E-state index contributed by atoms with van der Waals surface area (Å²) in [6, 6.07) is 8.48. The summed E-state index contributed by atoms with van der Waals surface area (Å²) in [5.74, 6) is 1.82. The van der Waals surface area contributed by atoms with Gasteiger partial charge in [0.15, 0.2) is 9.84 Å². The Labute approximate surface area is 138 Å². The highest BCUT2D eigenvalue weighted by molar-refractivity contribution is 7.91. The van der Waals surface area contributed by atoms with E-state index in [1.165, 1.54) is 5.56 Å². The fraction of sp³-hybridized carbons (Fsp3) is 0.500. The van der Waals surface area contributed by atoms with Gasteiger partial charge in [-0.25, -0.2) is 13.4 Å². The maximum Gasteiger partial charge on any atom is 0.153 e. The Hall–Kier alpha value is -1.62. The topological polar surface area (TPSA) is 50.3 Å². The highest BCUT2D eigenvalue weighted by Crippen LogP contribution is 2.32. The molecule has 1 aliphatic rings. The van der Waals surface area contributed by atoms with Gasteiger partial charge in [0.05, 0.1) is 17.0 Å². The molecule has 4 nitrogen and oxygen atoms in total. The summed E-state index contributed by atoms with van der Waals surface area (Å²) in [5, 5.41) is 1.16. The van der Waals surface area contributed by atoms with Crippen molar-refractivity contribution in [1.82, 2.24) is 4.98 Å². The number of para-hydroxylation sites is 1. The van der Waals surface area contributed by atoms with Gasteiger partial charge in [-0.2, -0.15) is 0 Å². The fourth-order valence-electron chi connectivity index (χ4n) is 3.11. The molecule has 1 aromatic carbocycles. The van der Waals surface area contributed by atoms with Crippen LogP contribution in [0.5, 0.6) is 0 Å². The van der Waals surface area contributed by atoms with E-state index >= 15 is 0 Å². The molecule has 2 heterocycles. The Morgan fingerprint density at radius 3 is 2.61 bits per heavy atom. The molecule has 23 heavy (non-hydrogen) atoms. The largest absolute Gasteiger partial charge is 0.354 e. The van der Waals surface area contributed by atoms with Crippen molar-refractivity contribution in [2.75, 3.05) is 29.5 Å². The fourth-order valence-corrected chi connectivity index (χ4v) is 4.31. The third-order valence-electron chi connectivity index (χ3n) is 4.84. The van der Waals surface area contributed by atoms with E-state index in [2.05, 4.69) is 49.9 Å². The molecule has 0 amide bonds. The number of rotatable bonds is 3. The zero-order valence-corrected chi connectivity index (χ0v) is 14.9. The van der Waals surface area contributed by atoms with Gasteiger partial charge in [-0.05, 0) is 36.5 Å². The molecule has 0 N–H and O–H groups in total. The van der Waals surface area contributed by atoms with E-state index in [-0.39, 0.29) is 11.5 Å². The number of hydrogen-bond acceptors (Lipinski definition) is 4. The van der Waals surface area contributed by atoms with Crippen molar-refractivity contribution in [3.05, 3.63) is 35.4 Å². The molecular weight excluding hydrogens is 308 g/mol. The summed E-state index contributed by atoms with van der Waals surface area (Å²) in [5.41, 5.74) is 3.40. The average Bonchev–Trinajstić information content (AvgIpc) is 2.53. The van der Waals surface area contributed by atoms with Crippen molar-refractivity contribution in [3.63, 3.8) is 0 Å². The van der Waals surface area contributed by atoms with Gasteiger partial charge in [-0.3, -0.25) is 0 Å². The number of aromatic nitrogens is 1. The number of aryl methyl sites for hydroxylation is 1. The normalized spacial score (nSPS) is 19.0. The third-order valence-corrected chi connectivity index (χ3v) is 6.45. The van der Waals surface area contributed by atoms with Crippen LogP contribution in [0.2, 0.25) is 0 Å². The monoisotopic (exact) mass is 332 g/mol. The number of nitrogens with zero attached hydrogens (tertiary/aromatic N) is 2. The summed E-state index contributed by atoms with van der Waals surface area (Å²) in [6.45, 7) is 7.54. The number of sulfone groups is 1. The molecule has 1 aliphatic heterocycles. The zero-order valence-electron chi connectivity index (χ0n) is 14.0. The molecule has 1 atom stereocenters. The quantitative estimate of drug-likeness (QED) is 0.865. The summed E-state index contributed by atoms with van der Waals surface area (Å²) in [7, 11) is -2.88. The predicted octanol–water partition coefficient (Wildman–Crippen LogP) is 3.29. The highest BCUT2D eigenvalue weighted by atomic mass is 32.2. The molecular formula is C18H24N2O2S. The molecule has 0 aliphatic carbocycles. The van der Waals surface area contributed by atoms with E-state index in [4.69, 9.17) is 4.98 Å². The number of anilines is 1. The number of hydrogen-bond donors (Lipinski definition) is 0. The Morgan fingerprint density at radius 2 is 1.96 bits per heavy atom. The molecule has 2 aromatic rings. The molecule has 5 heteroatoms. The number of benzene rings is 1. The molecule has 0 spiro atoms. The van der Waals surface area contributed by atoms with Gasteiger partial charge in [-0.1, -0.05) is 32.0 Å². The van der Waals surface area contributed by atoms with Crippen molar-refractivity contribution < 1.29 is 8.42 Å². The third kappa shape index (κ3) is 3.20. The van der Waals surface area contributed by atoms with Crippen molar-refractivity contribution in [2.24, 2.45) is 0 Å². The summed E-state index contributed by atoms with van der Waals surface area (Å²) in [4.78, 5) is 7.09. The molecule has 1 fully saturated rings. The van der Waals surface area contributed by atoms with Gasteiger partial charge < -0.3 is 4.90 Å². The Balaban J connectivity index is 2.11. The van der Waals surface area contributed by atoms with Crippen LogP contribution >= 0.6 is 0 Å². The summed E-state index contributed by atoms with van der Waals surface area (Å²) in [6.07, 6.45) is 1.04. The van der Waals surface area contributed by atoms with Gasteiger partial charge >= 0.3 is 0 Å². The van der Waals surface area contributed by atoms with E-state index in [0.29, 0.717) is 19.0 Å². The van der Waals surface area contributed by atoms with Crippen LogP contribution in [0.25, 0.3) is 10.9 Å². The second-order valence-electron chi connectivity index (χ2n) is 6.50. The van der Waals surface area contributed by atoms with Crippen LogP contribution in [0.3, 0.4) is 0 Å². The predicted molar refractivity (Wildman–Crippen MR) is 96.1 cm³/mol. The van der Waals surface area contributed by atoms with Crippen LogP contribution in [0.15, 0.2) is 24.3 Å². The SMILES string of the molecule is CCC(C)c1cc2cccc(C)c2nc1N1CCS(=O)(=O)CC1. The van der Waals surface area contributed by atoms with Gasteiger partial charge in [-0.15, -0.1) is 0 Å². The average molecular weight is 332 g/mol. The van der Waals surface area contributed by atoms with E-state index < -0.39 is 9.84 Å². The maximum atomic E-state index is 11.7. The molecule has 1 saturated heterocycles. The van der Waals surface area contributed by atoms with Gasteiger partial charge in [0.1, 0.15) is 5.82 Å². The second-order valence-corrected chi connectivity index (χ2v) is 8.80. The Kier molecular flexibility index (Phi) is 4.32. The first kappa shape index (κ1) is 16.2. The minimum atomic E-state index is -2.88.